The third-order valence-corrected chi connectivity index (χ3v) is 3.98. The first-order valence-corrected chi connectivity index (χ1v) is 6.96. The Morgan fingerprint density at radius 3 is 3.00 bits per heavy atom. The van der Waals surface area contributed by atoms with Gasteiger partial charge in [-0.1, -0.05) is 18.1 Å². The zero-order valence-electron chi connectivity index (χ0n) is 11.8. The quantitative estimate of drug-likeness (QED) is 0.927. The first kappa shape index (κ1) is 13.1. The van der Waals surface area contributed by atoms with Gasteiger partial charge in [-0.15, -0.1) is 0 Å². The largest absolute Gasteiger partial charge is 0.497 e. The predicted octanol–water partition coefficient (Wildman–Crippen LogP) is 2.18. The lowest BCUT2D eigenvalue weighted by Gasteiger charge is -2.33. The molecule has 0 radical (unpaired) electrons. The highest BCUT2D eigenvalue weighted by atomic mass is 16.5. The third-order valence-electron chi connectivity index (χ3n) is 3.98. The average molecular weight is 273 g/mol. The lowest BCUT2D eigenvalue weighted by molar-refractivity contribution is 0.349. The second-order valence-corrected chi connectivity index (χ2v) is 5.21. The van der Waals surface area contributed by atoms with Crippen LogP contribution in [0.3, 0.4) is 0 Å². The van der Waals surface area contributed by atoms with Crippen molar-refractivity contribution in [3.05, 3.63) is 41.0 Å². The van der Waals surface area contributed by atoms with Crippen molar-refractivity contribution in [1.82, 2.24) is 10.1 Å². The summed E-state index contributed by atoms with van der Waals surface area (Å²) in [6.07, 6.45) is 3.58. The SMILES string of the molecule is CCc1nc(C2(N)CCCc3ccc(OC)cc32)no1. The molecule has 0 bridgehead atoms. The molecule has 1 aliphatic rings. The summed E-state index contributed by atoms with van der Waals surface area (Å²) in [6.45, 7) is 1.98. The van der Waals surface area contributed by atoms with E-state index in [0.717, 1.165) is 30.6 Å². The van der Waals surface area contributed by atoms with Gasteiger partial charge in [-0.05, 0) is 42.5 Å². The summed E-state index contributed by atoms with van der Waals surface area (Å²) in [5.74, 6) is 2.00. The van der Waals surface area contributed by atoms with E-state index in [1.54, 1.807) is 7.11 Å². The van der Waals surface area contributed by atoms with E-state index in [2.05, 4.69) is 16.2 Å². The molecule has 1 aromatic carbocycles. The molecule has 5 nitrogen and oxygen atoms in total. The fourth-order valence-electron chi connectivity index (χ4n) is 2.82. The lowest BCUT2D eigenvalue weighted by Crippen LogP contribution is -2.42. The van der Waals surface area contributed by atoms with E-state index in [9.17, 15) is 0 Å². The summed E-state index contributed by atoms with van der Waals surface area (Å²) < 4.78 is 10.5. The maximum atomic E-state index is 6.64. The van der Waals surface area contributed by atoms with Gasteiger partial charge in [-0.25, -0.2) is 0 Å². The smallest absolute Gasteiger partial charge is 0.226 e. The molecule has 0 aliphatic heterocycles. The van der Waals surface area contributed by atoms with Crippen LogP contribution in [0, 0.1) is 0 Å². The van der Waals surface area contributed by atoms with Crippen molar-refractivity contribution >= 4 is 0 Å². The Balaban J connectivity index is 2.11. The van der Waals surface area contributed by atoms with Gasteiger partial charge in [0.25, 0.3) is 0 Å². The van der Waals surface area contributed by atoms with Gasteiger partial charge in [-0.3, -0.25) is 0 Å². The Hall–Kier alpha value is -1.88. The van der Waals surface area contributed by atoms with Gasteiger partial charge in [0.2, 0.25) is 5.89 Å². The molecule has 3 rings (SSSR count). The van der Waals surface area contributed by atoms with Crippen molar-refractivity contribution in [2.75, 3.05) is 7.11 Å². The van der Waals surface area contributed by atoms with Crippen LogP contribution >= 0.6 is 0 Å². The van der Waals surface area contributed by atoms with Gasteiger partial charge in [0.1, 0.15) is 11.3 Å². The molecule has 1 atom stereocenters. The average Bonchev–Trinajstić information content (AvgIpc) is 2.97. The van der Waals surface area contributed by atoms with Crippen molar-refractivity contribution in [2.24, 2.45) is 5.73 Å². The van der Waals surface area contributed by atoms with Crippen LogP contribution in [0.5, 0.6) is 5.75 Å². The number of aryl methyl sites for hydroxylation is 2. The van der Waals surface area contributed by atoms with Crippen molar-refractivity contribution < 1.29 is 9.26 Å². The van der Waals surface area contributed by atoms with Gasteiger partial charge in [0.15, 0.2) is 5.82 Å². The molecule has 0 spiro atoms. The summed E-state index contributed by atoms with van der Waals surface area (Å²) in [5.41, 5.74) is 8.25. The van der Waals surface area contributed by atoms with Gasteiger partial charge < -0.3 is 15.0 Å². The van der Waals surface area contributed by atoms with Crippen LogP contribution in [0.4, 0.5) is 0 Å². The van der Waals surface area contributed by atoms with Gasteiger partial charge in [0, 0.05) is 6.42 Å². The van der Waals surface area contributed by atoms with Crippen molar-refractivity contribution in [3.8, 4) is 5.75 Å². The molecule has 0 saturated heterocycles. The summed E-state index contributed by atoms with van der Waals surface area (Å²) in [4.78, 5) is 4.43. The van der Waals surface area contributed by atoms with Crippen molar-refractivity contribution in [1.29, 1.82) is 0 Å². The van der Waals surface area contributed by atoms with Crippen LogP contribution in [-0.2, 0) is 18.4 Å². The Morgan fingerprint density at radius 2 is 2.30 bits per heavy atom. The first-order chi connectivity index (χ1) is 9.67. The summed E-state index contributed by atoms with van der Waals surface area (Å²) in [7, 11) is 1.66. The fourth-order valence-corrected chi connectivity index (χ4v) is 2.82. The Morgan fingerprint density at radius 1 is 1.45 bits per heavy atom. The molecule has 0 saturated carbocycles. The standard InChI is InChI=1S/C15H19N3O2/c1-3-13-17-14(18-20-13)15(16)8-4-5-10-6-7-11(19-2)9-12(10)15/h6-7,9H,3-5,8,16H2,1-2H3. The Kier molecular flexibility index (Phi) is 3.22. The van der Waals surface area contributed by atoms with Gasteiger partial charge in [0.05, 0.1) is 7.11 Å². The van der Waals surface area contributed by atoms with E-state index in [-0.39, 0.29) is 0 Å². The zero-order chi connectivity index (χ0) is 14.2. The topological polar surface area (TPSA) is 74.2 Å². The van der Waals surface area contributed by atoms with E-state index in [0.29, 0.717) is 18.1 Å². The van der Waals surface area contributed by atoms with E-state index >= 15 is 0 Å². The van der Waals surface area contributed by atoms with E-state index in [1.807, 2.05) is 19.1 Å². The van der Waals surface area contributed by atoms with Crippen molar-refractivity contribution in [2.45, 2.75) is 38.1 Å². The molecule has 0 fully saturated rings. The minimum Gasteiger partial charge on any atom is -0.497 e. The molecule has 1 aliphatic carbocycles. The first-order valence-electron chi connectivity index (χ1n) is 6.96. The van der Waals surface area contributed by atoms with Crippen LogP contribution in [0.15, 0.2) is 22.7 Å². The van der Waals surface area contributed by atoms with Crippen LogP contribution in [0.1, 0.15) is 42.6 Å². The summed E-state index contributed by atoms with van der Waals surface area (Å²) in [6, 6.07) is 6.05. The molecular weight excluding hydrogens is 254 g/mol. The van der Waals surface area contributed by atoms with Gasteiger partial charge >= 0.3 is 0 Å². The number of aromatic nitrogens is 2. The monoisotopic (exact) mass is 273 g/mol. The number of methoxy groups -OCH3 is 1. The van der Waals surface area contributed by atoms with E-state index in [4.69, 9.17) is 15.0 Å². The van der Waals surface area contributed by atoms with Gasteiger partial charge in [-0.2, -0.15) is 4.98 Å². The molecule has 1 heterocycles. The molecule has 1 unspecified atom stereocenters. The number of ether oxygens (including phenoxy) is 1. The minimum absolute atomic E-state index is 0.573. The van der Waals surface area contributed by atoms with Crippen LogP contribution in [0.2, 0.25) is 0 Å². The molecular formula is C15H19N3O2. The van der Waals surface area contributed by atoms with Crippen LogP contribution in [-0.4, -0.2) is 17.3 Å². The molecule has 5 heteroatoms. The highest BCUT2D eigenvalue weighted by molar-refractivity contribution is 5.45. The number of nitrogens with zero attached hydrogens (tertiary/aromatic N) is 2. The lowest BCUT2D eigenvalue weighted by atomic mass is 9.76. The molecule has 2 N–H and O–H groups in total. The number of fused-ring (bicyclic) bond motifs is 1. The summed E-state index contributed by atoms with van der Waals surface area (Å²) in [5, 5.41) is 4.08. The molecule has 106 valence electrons. The molecule has 20 heavy (non-hydrogen) atoms. The molecule has 1 aromatic heterocycles. The van der Waals surface area contributed by atoms with Crippen LogP contribution < -0.4 is 10.5 Å². The van der Waals surface area contributed by atoms with Crippen LogP contribution in [0.25, 0.3) is 0 Å². The molecule has 2 aromatic rings. The predicted molar refractivity (Wildman–Crippen MR) is 74.6 cm³/mol. The second-order valence-electron chi connectivity index (χ2n) is 5.21. The normalized spacial score (nSPS) is 21.6. The Bertz CT molecular complexity index is 623. The number of nitrogens with two attached hydrogens (primary N) is 1. The maximum absolute atomic E-state index is 6.64. The minimum atomic E-state index is -0.682. The number of hydrogen-bond acceptors (Lipinski definition) is 5. The Labute approximate surface area is 118 Å². The third kappa shape index (κ3) is 1.98. The van der Waals surface area contributed by atoms with E-state index < -0.39 is 5.54 Å². The second kappa shape index (κ2) is 4.90. The molecule has 0 amide bonds. The zero-order valence-corrected chi connectivity index (χ0v) is 11.8. The number of rotatable bonds is 3. The van der Waals surface area contributed by atoms with Crippen molar-refractivity contribution in [3.63, 3.8) is 0 Å². The highest BCUT2D eigenvalue weighted by Gasteiger charge is 2.39. The fraction of sp³-hybridized carbons (Fsp3) is 0.467. The van der Waals surface area contributed by atoms with E-state index in [1.165, 1.54) is 5.56 Å². The maximum Gasteiger partial charge on any atom is 0.226 e. The highest BCUT2D eigenvalue weighted by Crippen LogP contribution is 2.38. The number of benzene rings is 1. The number of hydrogen-bond donors (Lipinski definition) is 1. The summed E-state index contributed by atoms with van der Waals surface area (Å²) >= 11 is 0.